The van der Waals surface area contributed by atoms with Gasteiger partial charge in [0.25, 0.3) is 5.91 Å². The predicted molar refractivity (Wildman–Crippen MR) is 93.9 cm³/mol. The molecule has 2 aromatic rings. The molecule has 7 nitrogen and oxygen atoms in total. The first-order valence-electron chi connectivity index (χ1n) is 8.34. The smallest absolute Gasteiger partial charge is 0.268 e. The molecule has 0 saturated carbocycles. The summed E-state index contributed by atoms with van der Waals surface area (Å²) in [5, 5.41) is 3.05. The molecule has 1 aromatic heterocycles. The lowest BCUT2D eigenvalue weighted by Gasteiger charge is -2.17. The Morgan fingerprint density at radius 2 is 2.08 bits per heavy atom. The van der Waals surface area contributed by atoms with Crippen molar-refractivity contribution in [2.45, 2.75) is 25.3 Å². The molecular formula is C18H21N5O2. The fourth-order valence-corrected chi connectivity index (χ4v) is 2.95. The zero-order valence-corrected chi connectivity index (χ0v) is 13.9. The van der Waals surface area contributed by atoms with E-state index in [4.69, 9.17) is 5.73 Å². The van der Waals surface area contributed by atoms with Gasteiger partial charge in [0.1, 0.15) is 17.6 Å². The van der Waals surface area contributed by atoms with Crippen molar-refractivity contribution in [1.82, 2.24) is 14.9 Å². The molecule has 1 unspecified atom stereocenters. The number of aromatic nitrogens is 2. The number of carbonyl (C=O) groups excluding carboxylic acids is 2. The molecular weight excluding hydrogens is 318 g/mol. The quantitative estimate of drug-likeness (QED) is 0.790. The molecule has 1 atom stereocenters. The number of aryl methyl sites for hydroxylation is 1. The summed E-state index contributed by atoms with van der Waals surface area (Å²) in [5.74, 6) is -0.198. The molecule has 1 fully saturated rings. The third-order valence-corrected chi connectivity index (χ3v) is 4.24. The first-order valence-corrected chi connectivity index (χ1v) is 8.34. The van der Waals surface area contributed by atoms with Crippen LogP contribution in [-0.4, -0.2) is 45.8 Å². The molecule has 0 radical (unpaired) electrons. The Morgan fingerprint density at radius 1 is 1.28 bits per heavy atom. The van der Waals surface area contributed by atoms with Crippen molar-refractivity contribution in [3.05, 3.63) is 54.0 Å². The zero-order chi connectivity index (χ0) is 17.6. The summed E-state index contributed by atoms with van der Waals surface area (Å²) in [4.78, 5) is 33.5. The zero-order valence-electron chi connectivity index (χ0n) is 13.9. The minimum Gasteiger partial charge on any atom is -0.364 e. The van der Waals surface area contributed by atoms with E-state index in [1.54, 1.807) is 0 Å². The first kappa shape index (κ1) is 16.9. The van der Waals surface area contributed by atoms with Gasteiger partial charge in [0.05, 0.1) is 12.4 Å². The van der Waals surface area contributed by atoms with Gasteiger partial charge in [-0.25, -0.2) is 4.98 Å². The van der Waals surface area contributed by atoms with Gasteiger partial charge in [-0.1, -0.05) is 30.3 Å². The summed E-state index contributed by atoms with van der Waals surface area (Å²) in [6.07, 6.45) is 5.37. The lowest BCUT2D eigenvalue weighted by atomic mass is 10.1. The molecule has 0 bridgehead atoms. The Balaban J connectivity index is 1.51. The van der Waals surface area contributed by atoms with Gasteiger partial charge in [-0.2, -0.15) is 0 Å². The second-order valence-electron chi connectivity index (χ2n) is 6.05. The van der Waals surface area contributed by atoms with Crippen LogP contribution in [0, 0.1) is 0 Å². The third kappa shape index (κ3) is 4.32. The van der Waals surface area contributed by atoms with Crippen molar-refractivity contribution in [3.8, 4) is 0 Å². The van der Waals surface area contributed by atoms with E-state index in [1.165, 1.54) is 18.0 Å². The van der Waals surface area contributed by atoms with Crippen LogP contribution >= 0.6 is 0 Å². The standard InChI is InChI=1S/C18H21N5O2/c19-17(24)15-11-20-12-16(22-15)21-14-8-10-23(18(14)25)9-4-7-13-5-2-1-3-6-13/h1-3,5-6,11-12,14H,4,7-10H2,(H2,19,24)(H,21,22). The fourth-order valence-electron chi connectivity index (χ4n) is 2.95. The van der Waals surface area contributed by atoms with E-state index in [2.05, 4.69) is 27.4 Å². The molecule has 0 spiro atoms. The van der Waals surface area contributed by atoms with Crippen molar-refractivity contribution in [2.24, 2.45) is 5.73 Å². The largest absolute Gasteiger partial charge is 0.364 e. The molecule has 1 saturated heterocycles. The fraction of sp³-hybridized carbons (Fsp3) is 0.333. The third-order valence-electron chi connectivity index (χ3n) is 4.24. The lowest BCUT2D eigenvalue weighted by molar-refractivity contribution is -0.128. The Kier molecular flexibility index (Phi) is 5.23. The van der Waals surface area contributed by atoms with Crippen LogP contribution in [0.15, 0.2) is 42.7 Å². The molecule has 1 aliphatic rings. The predicted octanol–water partition coefficient (Wildman–Crippen LogP) is 1.22. The highest BCUT2D eigenvalue weighted by atomic mass is 16.2. The summed E-state index contributed by atoms with van der Waals surface area (Å²) < 4.78 is 0. The highest BCUT2D eigenvalue weighted by molar-refractivity contribution is 5.91. The van der Waals surface area contributed by atoms with Crippen LogP contribution in [0.1, 0.15) is 28.9 Å². The van der Waals surface area contributed by atoms with Gasteiger partial charge in [-0.15, -0.1) is 0 Å². The number of benzene rings is 1. The number of rotatable bonds is 7. The maximum atomic E-state index is 12.5. The normalized spacial score (nSPS) is 16.9. The minimum absolute atomic E-state index is 0.0549. The summed E-state index contributed by atoms with van der Waals surface area (Å²) in [7, 11) is 0. The second-order valence-corrected chi connectivity index (χ2v) is 6.05. The van der Waals surface area contributed by atoms with Gasteiger partial charge in [0.15, 0.2) is 0 Å². The van der Waals surface area contributed by atoms with Crippen LogP contribution in [-0.2, 0) is 11.2 Å². The monoisotopic (exact) mass is 339 g/mol. The molecule has 0 aliphatic carbocycles. The highest BCUT2D eigenvalue weighted by Crippen LogP contribution is 2.16. The molecule has 1 aliphatic heterocycles. The van der Waals surface area contributed by atoms with E-state index >= 15 is 0 Å². The van der Waals surface area contributed by atoms with Crippen molar-refractivity contribution >= 4 is 17.6 Å². The topological polar surface area (TPSA) is 101 Å². The van der Waals surface area contributed by atoms with E-state index < -0.39 is 5.91 Å². The summed E-state index contributed by atoms with van der Waals surface area (Å²) in [5.41, 5.74) is 6.56. The average molecular weight is 339 g/mol. The summed E-state index contributed by atoms with van der Waals surface area (Å²) >= 11 is 0. The number of primary amides is 1. The van der Waals surface area contributed by atoms with Gasteiger partial charge in [0.2, 0.25) is 5.91 Å². The molecule has 3 rings (SSSR count). The Morgan fingerprint density at radius 3 is 2.84 bits per heavy atom. The number of amides is 2. The molecule has 2 amide bonds. The maximum absolute atomic E-state index is 12.5. The SMILES string of the molecule is NC(=O)c1cncc(NC2CCN(CCCc3ccccc3)C2=O)n1. The Bertz CT molecular complexity index is 750. The van der Waals surface area contributed by atoms with Crippen molar-refractivity contribution in [3.63, 3.8) is 0 Å². The van der Waals surface area contributed by atoms with Crippen molar-refractivity contribution < 1.29 is 9.59 Å². The molecule has 3 N–H and O–H groups in total. The molecule has 1 aromatic carbocycles. The van der Waals surface area contributed by atoms with Crippen LogP contribution in [0.4, 0.5) is 5.82 Å². The summed E-state index contributed by atoms with van der Waals surface area (Å²) in [6, 6.07) is 9.91. The van der Waals surface area contributed by atoms with E-state index in [9.17, 15) is 9.59 Å². The maximum Gasteiger partial charge on any atom is 0.268 e. The van der Waals surface area contributed by atoms with E-state index in [0.29, 0.717) is 18.8 Å². The number of nitrogens with zero attached hydrogens (tertiary/aromatic N) is 3. The van der Waals surface area contributed by atoms with Crippen LogP contribution in [0.25, 0.3) is 0 Å². The number of hydrogen-bond acceptors (Lipinski definition) is 5. The van der Waals surface area contributed by atoms with E-state index in [-0.39, 0.29) is 17.6 Å². The highest BCUT2D eigenvalue weighted by Gasteiger charge is 2.31. The molecule has 2 heterocycles. The van der Waals surface area contributed by atoms with Crippen molar-refractivity contribution in [1.29, 1.82) is 0 Å². The lowest BCUT2D eigenvalue weighted by Crippen LogP contribution is -2.34. The van der Waals surface area contributed by atoms with Crippen LogP contribution < -0.4 is 11.1 Å². The number of anilines is 1. The second kappa shape index (κ2) is 7.74. The van der Waals surface area contributed by atoms with E-state index in [1.807, 2.05) is 23.1 Å². The Hall–Kier alpha value is -2.96. The van der Waals surface area contributed by atoms with Gasteiger partial charge in [-0.3, -0.25) is 14.6 Å². The van der Waals surface area contributed by atoms with Gasteiger partial charge >= 0.3 is 0 Å². The number of nitrogens with two attached hydrogens (primary N) is 1. The van der Waals surface area contributed by atoms with Crippen molar-refractivity contribution in [2.75, 3.05) is 18.4 Å². The molecule has 130 valence electrons. The Labute approximate surface area is 146 Å². The van der Waals surface area contributed by atoms with Crippen LogP contribution in [0.3, 0.4) is 0 Å². The van der Waals surface area contributed by atoms with Crippen LogP contribution in [0.2, 0.25) is 0 Å². The van der Waals surface area contributed by atoms with Crippen LogP contribution in [0.5, 0.6) is 0 Å². The number of hydrogen-bond donors (Lipinski definition) is 2. The van der Waals surface area contributed by atoms with Gasteiger partial charge in [0, 0.05) is 13.1 Å². The number of carbonyl (C=O) groups is 2. The minimum atomic E-state index is -0.642. The number of nitrogens with one attached hydrogen (secondary N) is 1. The average Bonchev–Trinajstić information content (AvgIpc) is 2.96. The number of likely N-dealkylation sites (tertiary alicyclic amines) is 1. The molecule has 25 heavy (non-hydrogen) atoms. The first-order chi connectivity index (χ1) is 12.1. The molecule has 7 heteroatoms. The summed E-state index contributed by atoms with van der Waals surface area (Å²) in [6.45, 7) is 1.45. The van der Waals surface area contributed by atoms with E-state index in [0.717, 1.165) is 19.4 Å². The van der Waals surface area contributed by atoms with Gasteiger partial charge < -0.3 is 16.0 Å². The van der Waals surface area contributed by atoms with Gasteiger partial charge in [-0.05, 0) is 24.8 Å².